The van der Waals surface area contributed by atoms with Crippen LogP contribution in [0.2, 0.25) is 0 Å². The number of hydrogen-bond donors (Lipinski definition) is 3. The van der Waals surface area contributed by atoms with E-state index in [9.17, 15) is 14.4 Å². The van der Waals surface area contributed by atoms with Gasteiger partial charge in [0.25, 0.3) is 11.8 Å². The Balaban J connectivity index is 1.43. The Kier molecular flexibility index (Phi) is 5.85. The number of para-hydroxylation sites is 2. The predicted molar refractivity (Wildman–Crippen MR) is 98.5 cm³/mol. The van der Waals surface area contributed by atoms with Crippen LogP contribution < -0.4 is 20.2 Å². The SMILES string of the molecule is O=C(CNC(=O)C1COc2ccccc2O1)N/N=C\c1ccc(C(=O)O)cc1. The Hall–Kier alpha value is -3.88. The van der Waals surface area contributed by atoms with Crippen molar-refractivity contribution in [2.45, 2.75) is 6.10 Å². The lowest BCUT2D eigenvalue weighted by Crippen LogP contribution is -2.46. The molecule has 1 aliphatic rings. The molecule has 2 aromatic rings. The molecule has 3 rings (SSSR count). The van der Waals surface area contributed by atoms with Gasteiger partial charge in [-0.25, -0.2) is 10.2 Å². The van der Waals surface area contributed by atoms with Gasteiger partial charge in [0.1, 0.15) is 6.61 Å². The number of fused-ring (bicyclic) bond motifs is 1. The number of carboxylic acids is 1. The minimum atomic E-state index is -1.02. The van der Waals surface area contributed by atoms with Crippen molar-refractivity contribution in [2.75, 3.05) is 13.2 Å². The highest BCUT2D eigenvalue weighted by Crippen LogP contribution is 2.30. The van der Waals surface area contributed by atoms with Gasteiger partial charge in [0, 0.05) is 0 Å². The molecule has 0 spiro atoms. The van der Waals surface area contributed by atoms with E-state index >= 15 is 0 Å². The summed E-state index contributed by atoms with van der Waals surface area (Å²) < 4.78 is 11.0. The van der Waals surface area contributed by atoms with Gasteiger partial charge in [0.05, 0.1) is 18.3 Å². The summed E-state index contributed by atoms with van der Waals surface area (Å²) in [7, 11) is 0. The van der Waals surface area contributed by atoms with Crippen LogP contribution >= 0.6 is 0 Å². The van der Waals surface area contributed by atoms with E-state index in [2.05, 4.69) is 15.8 Å². The molecule has 0 saturated carbocycles. The van der Waals surface area contributed by atoms with E-state index in [-0.39, 0.29) is 18.7 Å². The summed E-state index contributed by atoms with van der Waals surface area (Å²) in [6, 6.07) is 13.0. The van der Waals surface area contributed by atoms with Gasteiger partial charge in [-0.2, -0.15) is 5.10 Å². The van der Waals surface area contributed by atoms with E-state index in [1.54, 1.807) is 36.4 Å². The number of aromatic carboxylic acids is 1. The van der Waals surface area contributed by atoms with Crippen LogP contribution in [-0.4, -0.2) is 48.4 Å². The van der Waals surface area contributed by atoms with Gasteiger partial charge in [-0.1, -0.05) is 24.3 Å². The monoisotopic (exact) mass is 383 g/mol. The van der Waals surface area contributed by atoms with Crippen molar-refractivity contribution in [1.82, 2.24) is 10.7 Å². The normalized spacial score (nSPS) is 15.1. The molecule has 1 aliphatic heterocycles. The Bertz CT molecular complexity index is 910. The summed E-state index contributed by atoms with van der Waals surface area (Å²) in [5.74, 6) is -0.989. The van der Waals surface area contributed by atoms with Crippen LogP contribution in [0.4, 0.5) is 0 Å². The maximum Gasteiger partial charge on any atom is 0.335 e. The Morgan fingerprint density at radius 2 is 1.82 bits per heavy atom. The van der Waals surface area contributed by atoms with Crippen molar-refractivity contribution in [2.24, 2.45) is 5.10 Å². The summed E-state index contributed by atoms with van der Waals surface area (Å²) in [5.41, 5.74) is 3.03. The second kappa shape index (κ2) is 8.67. The number of hydrogen-bond acceptors (Lipinski definition) is 6. The molecule has 28 heavy (non-hydrogen) atoms. The van der Waals surface area contributed by atoms with Crippen LogP contribution in [0.3, 0.4) is 0 Å². The molecule has 3 N–H and O–H groups in total. The third kappa shape index (κ3) is 4.85. The van der Waals surface area contributed by atoms with E-state index in [4.69, 9.17) is 14.6 Å². The average molecular weight is 383 g/mol. The molecule has 1 heterocycles. The van der Waals surface area contributed by atoms with Gasteiger partial charge in [0.15, 0.2) is 11.5 Å². The van der Waals surface area contributed by atoms with E-state index in [0.717, 1.165) is 0 Å². The summed E-state index contributed by atoms with van der Waals surface area (Å²) in [6.07, 6.45) is 0.513. The number of carbonyl (C=O) groups is 3. The van der Waals surface area contributed by atoms with E-state index in [1.165, 1.54) is 18.3 Å². The molecule has 0 saturated heterocycles. The average Bonchev–Trinajstić information content (AvgIpc) is 2.72. The number of carboxylic acid groups (broad SMARTS) is 1. The lowest BCUT2D eigenvalue weighted by Gasteiger charge is -2.25. The fraction of sp³-hybridized carbons (Fsp3) is 0.158. The minimum Gasteiger partial charge on any atom is -0.485 e. The largest absolute Gasteiger partial charge is 0.485 e. The van der Waals surface area contributed by atoms with Crippen LogP contribution in [0, 0.1) is 0 Å². The first kappa shape index (κ1) is 18.9. The maximum atomic E-state index is 12.1. The van der Waals surface area contributed by atoms with E-state index in [0.29, 0.717) is 17.1 Å². The third-order valence-corrected chi connectivity index (χ3v) is 3.78. The fourth-order valence-corrected chi connectivity index (χ4v) is 2.36. The molecule has 0 fully saturated rings. The number of hydrazone groups is 1. The zero-order chi connectivity index (χ0) is 19.9. The number of amides is 2. The van der Waals surface area contributed by atoms with Gasteiger partial charge in [-0.05, 0) is 29.8 Å². The summed E-state index contributed by atoms with van der Waals surface area (Å²) in [4.78, 5) is 34.7. The molecule has 2 amide bonds. The molecular formula is C19H17N3O6. The highest BCUT2D eigenvalue weighted by molar-refractivity contribution is 5.90. The zero-order valence-electron chi connectivity index (χ0n) is 14.6. The highest BCUT2D eigenvalue weighted by atomic mass is 16.6. The first-order valence-corrected chi connectivity index (χ1v) is 8.34. The second-order valence-corrected chi connectivity index (χ2v) is 5.80. The highest BCUT2D eigenvalue weighted by Gasteiger charge is 2.27. The Morgan fingerprint density at radius 1 is 1.11 bits per heavy atom. The van der Waals surface area contributed by atoms with Gasteiger partial charge in [-0.3, -0.25) is 9.59 Å². The predicted octanol–water partition coefficient (Wildman–Crippen LogP) is 0.791. The van der Waals surface area contributed by atoms with Gasteiger partial charge in [-0.15, -0.1) is 0 Å². The second-order valence-electron chi connectivity index (χ2n) is 5.80. The number of rotatable bonds is 6. The molecule has 144 valence electrons. The molecule has 9 heteroatoms. The molecule has 1 atom stereocenters. The quantitative estimate of drug-likeness (QED) is 0.500. The Labute approximate surface area is 160 Å². The first-order valence-electron chi connectivity index (χ1n) is 8.34. The number of carbonyl (C=O) groups excluding carboxylic acids is 2. The zero-order valence-corrected chi connectivity index (χ0v) is 14.6. The fourth-order valence-electron chi connectivity index (χ4n) is 2.36. The molecule has 1 unspecified atom stereocenters. The summed E-state index contributed by atoms with van der Waals surface area (Å²) in [6.45, 7) is -0.232. The Morgan fingerprint density at radius 3 is 2.54 bits per heavy atom. The number of nitrogens with one attached hydrogen (secondary N) is 2. The summed E-state index contributed by atoms with van der Waals surface area (Å²) >= 11 is 0. The first-order chi connectivity index (χ1) is 13.5. The number of benzene rings is 2. The van der Waals surface area contributed by atoms with Crippen LogP contribution in [0.25, 0.3) is 0 Å². The van der Waals surface area contributed by atoms with E-state index in [1.807, 2.05) is 0 Å². The lowest BCUT2D eigenvalue weighted by molar-refractivity contribution is -0.132. The smallest absolute Gasteiger partial charge is 0.335 e. The van der Waals surface area contributed by atoms with Crippen molar-refractivity contribution in [3.05, 3.63) is 59.7 Å². The van der Waals surface area contributed by atoms with Crippen molar-refractivity contribution in [3.8, 4) is 11.5 Å². The maximum absolute atomic E-state index is 12.1. The third-order valence-electron chi connectivity index (χ3n) is 3.78. The number of ether oxygens (including phenoxy) is 2. The molecule has 0 aromatic heterocycles. The minimum absolute atomic E-state index is 0.0506. The van der Waals surface area contributed by atoms with Gasteiger partial charge < -0.3 is 19.9 Å². The van der Waals surface area contributed by atoms with Crippen LogP contribution in [0.1, 0.15) is 15.9 Å². The van der Waals surface area contributed by atoms with Gasteiger partial charge >= 0.3 is 5.97 Å². The summed E-state index contributed by atoms with van der Waals surface area (Å²) in [5, 5.41) is 15.0. The van der Waals surface area contributed by atoms with Crippen molar-refractivity contribution >= 4 is 24.0 Å². The van der Waals surface area contributed by atoms with Crippen LogP contribution in [-0.2, 0) is 9.59 Å². The molecule has 2 aromatic carbocycles. The van der Waals surface area contributed by atoms with Crippen LogP contribution in [0.5, 0.6) is 11.5 Å². The topological polar surface area (TPSA) is 126 Å². The van der Waals surface area contributed by atoms with Crippen molar-refractivity contribution in [3.63, 3.8) is 0 Å². The molecule has 0 aliphatic carbocycles. The standard InChI is InChI=1S/C19H17N3O6/c23-17(22-21-9-12-5-7-13(8-6-12)19(25)26)10-20-18(24)16-11-27-14-3-1-2-4-15(14)28-16/h1-9,16H,10-11H2,(H,20,24)(H,22,23)(H,25,26)/b21-9-. The van der Waals surface area contributed by atoms with Gasteiger partial charge in [0.2, 0.25) is 6.10 Å². The number of nitrogens with zero attached hydrogens (tertiary/aromatic N) is 1. The molecule has 0 radical (unpaired) electrons. The molecule has 9 nitrogen and oxygen atoms in total. The molecular weight excluding hydrogens is 366 g/mol. The lowest BCUT2D eigenvalue weighted by atomic mass is 10.1. The van der Waals surface area contributed by atoms with E-state index < -0.39 is 23.9 Å². The van der Waals surface area contributed by atoms with Crippen LogP contribution in [0.15, 0.2) is 53.6 Å². The van der Waals surface area contributed by atoms with Crippen molar-refractivity contribution in [1.29, 1.82) is 0 Å². The molecule has 0 bridgehead atoms. The van der Waals surface area contributed by atoms with Crippen molar-refractivity contribution < 1.29 is 29.0 Å².